The van der Waals surface area contributed by atoms with Crippen molar-refractivity contribution in [2.24, 2.45) is 10.2 Å². The number of aromatic hydroxyl groups is 1. The summed E-state index contributed by atoms with van der Waals surface area (Å²) in [5, 5.41) is 19.4. The van der Waals surface area contributed by atoms with Crippen LogP contribution in [0.3, 0.4) is 0 Å². The van der Waals surface area contributed by atoms with Gasteiger partial charge in [0.15, 0.2) is 17.2 Å². The summed E-state index contributed by atoms with van der Waals surface area (Å²) in [4.78, 5) is 12.7. The predicted molar refractivity (Wildman–Crippen MR) is 119 cm³/mol. The van der Waals surface area contributed by atoms with Crippen LogP contribution in [-0.4, -0.2) is 28.3 Å². The van der Waals surface area contributed by atoms with Crippen LogP contribution in [0.2, 0.25) is 0 Å². The molecular formula is C24H27N3O4. The van der Waals surface area contributed by atoms with E-state index in [4.69, 9.17) is 9.47 Å². The largest absolute Gasteiger partial charge is 0.493 e. The minimum atomic E-state index is -0.896. The molecule has 1 N–H and O–H groups in total. The zero-order valence-corrected chi connectivity index (χ0v) is 18.4. The van der Waals surface area contributed by atoms with Gasteiger partial charge in [-0.25, -0.2) is 0 Å². The Bertz CT molecular complexity index is 1170. The van der Waals surface area contributed by atoms with Gasteiger partial charge in [0.2, 0.25) is 12.0 Å². The van der Waals surface area contributed by atoms with Crippen LogP contribution >= 0.6 is 0 Å². The fourth-order valence-electron chi connectivity index (χ4n) is 3.68. The van der Waals surface area contributed by atoms with Crippen LogP contribution in [0.1, 0.15) is 46.2 Å². The van der Waals surface area contributed by atoms with Gasteiger partial charge in [-0.2, -0.15) is 0 Å². The Kier molecular flexibility index (Phi) is 5.21. The van der Waals surface area contributed by atoms with Crippen molar-refractivity contribution in [2.45, 2.75) is 52.2 Å². The van der Waals surface area contributed by atoms with Gasteiger partial charge in [-0.1, -0.05) is 45.0 Å². The highest BCUT2D eigenvalue weighted by atomic mass is 16.6. The lowest BCUT2D eigenvalue weighted by Crippen LogP contribution is -2.35. The molecule has 0 bridgehead atoms. The van der Waals surface area contributed by atoms with Crippen LogP contribution < -0.4 is 9.47 Å². The van der Waals surface area contributed by atoms with Crippen LogP contribution in [0.15, 0.2) is 52.7 Å². The quantitative estimate of drug-likeness (QED) is 0.552. The molecular weight excluding hydrogens is 394 g/mol. The summed E-state index contributed by atoms with van der Waals surface area (Å²) in [7, 11) is 0. The average Bonchev–Trinajstić information content (AvgIpc) is 3.01. The monoisotopic (exact) mass is 421 g/mol. The first-order valence-corrected chi connectivity index (χ1v) is 10.4. The van der Waals surface area contributed by atoms with Gasteiger partial charge in [0.05, 0.1) is 5.52 Å². The van der Waals surface area contributed by atoms with Crippen molar-refractivity contribution in [3.05, 3.63) is 48.0 Å². The minimum Gasteiger partial charge on any atom is -0.493 e. The van der Waals surface area contributed by atoms with Gasteiger partial charge in [-0.15, -0.1) is 10.2 Å². The molecule has 1 aliphatic heterocycles. The van der Waals surface area contributed by atoms with Gasteiger partial charge in [-0.05, 0) is 43.0 Å². The highest BCUT2D eigenvalue weighted by Crippen LogP contribution is 2.41. The number of ether oxygens (including phenoxy) is 2. The Balaban J connectivity index is 1.60. The van der Waals surface area contributed by atoms with E-state index in [9.17, 15) is 9.90 Å². The molecule has 0 saturated heterocycles. The highest BCUT2D eigenvalue weighted by molar-refractivity contribution is 5.95. The van der Waals surface area contributed by atoms with E-state index < -0.39 is 12.0 Å². The first-order chi connectivity index (χ1) is 14.7. The molecule has 0 saturated carbocycles. The SMILES string of the molecule is CC(C)n1c(O)c(N=NC(=O)[C@@H]2COc3ccc(C(C)(C)C)cc3O2)c2ccccc21. The zero-order valence-electron chi connectivity index (χ0n) is 18.4. The summed E-state index contributed by atoms with van der Waals surface area (Å²) in [5.41, 5.74) is 2.12. The fraction of sp³-hybridized carbons (Fsp3) is 0.375. The molecule has 162 valence electrons. The number of hydrogen-bond donors (Lipinski definition) is 1. The van der Waals surface area contributed by atoms with E-state index in [1.165, 1.54) is 0 Å². The minimum absolute atomic E-state index is 0.0197. The predicted octanol–water partition coefficient (Wildman–Crippen LogP) is 5.68. The van der Waals surface area contributed by atoms with E-state index in [0.29, 0.717) is 11.5 Å². The zero-order chi connectivity index (χ0) is 22.3. The molecule has 3 aromatic rings. The number of aromatic nitrogens is 1. The van der Waals surface area contributed by atoms with Gasteiger partial charge in [0.25, 0.3) is 0 Å². The molecule has 1 aromatic heterocycles. The summed E-state index contributed by atoms with van der Waals surface area (Å²) in [6.45, 7) is 10.3. The van der Waals surface area contributed by atoms with Crippen LogP contribution in [0.5, 0.6) is 17.4 Å². The summed E-state index contributed by atoms with van der Waals surface area (Å²) >= 11 is 0. The van der Waals surface area contributed by atoms with Gasteiger partial charge >= 0.3 is 5.91 Å². The molecule has 0 spiro atoms. The summed E-state index contributed by atoms with van der Waals surface area (Å²) in [5.74, 6) is 0.541. The molecule has 7 nitrogen and oxygen atoms in total. The summed E-state index contributed by atoms with van der Waals surface area (Å²) in [6.07, 6.45) is -0.896. The van der Waals surface area contributed by atoms with E-state index in [0.717, 1.165) is 16.5 Å². The number of nitrogens with zero attached hydrogens (tertiary/aromatic N) is 3. The number of benzene rings is 2. The van der Waals surface area contributed by atoms with Crippen molar-refractivity contribution in [3.8, 4) is 17.4 Å². The Morgan fingerprint density at radius 3 is 2.61 bits per heavy atom. The number of para-hydroxylation sites is 1. The number of amides is 1. The number of azo groups is 1. The van der Waals surface area contributed by atoms with Gasteiger partial charge in [0, 0.05) is 11.4 Å². The van der Waals surface area contributed by atoms with E-state index >= 15 is 0 Å². The molecule has 0 unspecified atom stereocenters. The Morgan fingerprint density at radius 2 is 1.90 bits per heavy atom. The van der Waals surface area contributed by atoms with E-state index in [1.807, 2.05) is 56.3 Å². The number of carbonyl (C=O) groups excluding carboxylic acids is 1. The molecule has 7 heteroatoms. The third-order valence-corrected chi connectivity index (χ3v) is 5.37. The Hall–Kier alpha value is -3.35. The molecule has 1 aliphatic rings. The number of carbonyl (C=O) groups is 1. The van der Waals surface area contributed by atoms with Crippen molar-refractivity contribution in [1.29, 1.82) is 0 Å². The molecule has 1 atom stereocenters. The number of fused-ring (bicyclic) bond motifs is 2. The third-order valence-electron chi connectivity index (χ3n) is 5.37. The van der Waals surface area contributed by atoms with Crippen molar-refractivity contribution in [2.75, 3.05) is 6.61 Å². The van der Waals surface area contributed by atoms with Crippen LogP contribution in [-0.2, 0) is 10.2 Å². The average molecular weight is 421 g/mol. The molecule has 2 heterocycles. The standard InChI is InChI=1S/C24H27N3O4/c1-14(2)27-17-9-7-6-8-16(17)21(23(27)29)25-26-22(28)20-13-30-18-11-10-15(24(3,4)5)12-19(18)31-20/h6-12,14,20,29H,13H2,1-5H3/t20-/m0/s1. The Labute approximate surface area is 181 Å². The first kappa shape index (κ1) is 20.9. The smallest absolute Gasteiger partial charge is 0.308 e. The topological polar surface area (TPSA) is 85.4 Å². The molecule has 2 aromatic carbocycles. The molecule has 0 aliphatic carbocycles. The van der Waals surface area contributed by atoms with Crippen LogP contribution in [0.25, 0.3) is 10.9 Å². The van der Waals surface area contributed by atoms with Crippen molar-refractivity contribution in [1.82, 2.24) is 4.57 Å². The number of rotatable bonds is 3. The van der Waals surface area contributed by atoms with Crippen LogP contribution in [0, 0.1) is 0 Å². The maximum atomic E-state index is 12.7. The molecule has 4 rings (SSSR count). The normalized spacial score (nSPS) is 16.4. The molecule has 0 radical (unpaired) electrons. The lowest BCUT2D eigenvalue weighted by molar-refractivity contribution is -0.127. The maximum Gasteiger partial charge on any atom is 0.308 e. The highest BCUT2D eigenvalue weighted by Gasteiger charge is 2.29. The molecule has 0 fully saturated rings. The summed E-state index contributed by atoms with van der Waals surface area (Å²) < 4.78 is 13.4. The molecule has 31 heavy (non-hydrogen) atoms. The second-order valence-electron chi connectivity index (χ2n) is 9.02. The van der Waals surface area contributed by atoms with E-state index in [-0.39, 0.29) is 29.6 Å². The third kappa shape index (κ3) is 3.87. The lowest BCUT2D eigenvalue weighted by Gasteiger charge is -2.27. The summed E-state index contributed by atoms with van der Waals surface area (Å²) in [6, 6.07) is 13.3. The van der Waals surface area contributed by atoms with Crippen molar-refractivity contribution < 1.29 is 19.4 Å². The Morgan fingerprint density at radius 1 is 1.16 bits per heavy atom. The maximum absolute atomic E-state index is 12.7. The van der Waals surface area contributed by atoms with E-state index in [1.54, 1.807) is 4.57 Å². The second-order valence-corrected chi connectivity index (χ2v) is 9.02. The fourth-order valence-corrected chi connectivity index (χ4v) is 3.68. The second kappa shape index (κ2) is 7.72. The van der Waals surface area contributed by atoms with Crippen molar-refractivity contribution in [3.63, 3.8) is 0 Å². The lowest BCUT2D eigenvalue weighted by atomic mass is 9.87. The molecule has 1 amide bonds. The first-order valence-electron chi connectivity index (χ1n) is 10.4. The number of hydrogen-bond acceptors (Lipinski definition) is 5. The van der Waals surface area contributed by atoms with Crippen molar-refractivity contribution >= 4 is 22.5 Å². The van der Waals surface area contributed by atoms with Gasteiger partial charge in [0.1, 0.15) is 6.61 Å². The van der Waals surface area contributed by atoms with Gasteiger partial charge in [-0.3, -0.25) is 4.79 Å². The van der Waals surface area contributed by atoms with Crippen LogP contribution in [0.4, 0.5) is 5.69 Å². The van der Waals surface area contributed by atoms with Gasteiger partial charge < -0.3 is 19.1 Å². The van der Waals surface area contributed by atoms with E-state index in [2.05, 4.69) is 31.0 Å².